The second-order valence-corrected chi connectivity index (χ2v) is 3.53. The predicted octanol–water partition coefficient (Wildman–Crippen LogP) is 1.39. The Morgan fingerprint density at radius 3 is 2.82 bits per heavy atom. The number of amides is 1. The van der Waals surface area contributed by atoms with E-state index in [1.54, 1.807) is 13.1 Å². The van der Waals surface area contributed by atoms with E-state index in [1.165, 1.54) is 23.0 Å². The third-order valence-electron chi connectivity index (χ3n) is 2.32. The van der Waals surface area contributed by atoms with E-state index in [0.717, 1.165) is 6.07 Å². The third kappa shape index (κ3) is 2.25. The summed E-state index contributed by atoms with van der Waals surface area (Å²) < 4.78 is 14.3. The van der Waals surface area contributed by atoms with Gasteiger partial charge >= 0.3 is 0 Å². The van der Waals surface area contributed by atoms with Gasteiger partial charge in [0.05, 0.1) is 11.4 Å². The minimum absolute atomic E-state index is 0.181. The average Bonchev–Trinajstić information content (AvgIpc) is 2.68. The molecule has 0 aliphatic carbocycles. The number of nitrogen functional groups attached to an aromatic ring is 1. The van der Waals surface area contributed by atoms with Crippen molar-refractivity contribution < 1.29 is 9.18 Å². The highest BCUT2D eigenvalue weighted by molar-refractivity contribution is 6.04. The third-order valence-corrected chi connectivity index (χ3v) is 2.32. The molecule has 0 bridgehead atoms. The molecule has 0 aliphatic rings. The van der Waals surface area contributed by atoms with Crippen molar-refractivity contribution in [2.75, 3.05) is 11.1 Å². The van der Waals surface area contributed by atoms with Crippen molar-refractivity contribution in [3.05, 3.63) is 42.0 Å². The average molecular weight is 234 g/mol. The van der Waals surface area contributed by atoms with Crippen LogP contribution < -0.4 is 11.1 Å². The maximum atomic E-state index is 12.8. The van der Waals surface area contributed by atoms with Gasteiger partial charge in [-0.25, -0.2) is 4.39 Å². The zero-order valence-corrected chi connectivity index (χ0v) is 9.14. The molecule has 88 valence electrons. The molecule has 0 fully saturated rings. The molecule has 1 heterocycles. The number of aryl methyl sites for hydroxylation is 1. The Morgan fingerprint density at radius 1 is 1.47 bits per heavy atom. The monoisotopic (exact) mass is 234 g/mol. The van der Waals surface area contributed by atoms with Crippen LogP contribution in [0.2, 0.25) is 0 Å². The number of nitrogens with zero attached hydrogens (tertiary/aromatic N) is 2. The summed E-state index contributed by atoms with van der Waals surface area (Å²) in [4.78, 5) is 11.8. The molecular formula is C11H11FN4O. The van der Waals surface area contributed by atoms with Gasteiger partial charge in [-0.2, -0.15) is 5.10 Å². The SMILES string of the molecule is Cn1nccc1C(=O)Nc1ccc(F)cc1N. The number of halogens is 1. The number of anilines is 2. The normalized spacial score (nSPS) is 10.2. The molecule has 0 aliphatic heterocycles. The van der Waals surface area contributed by atoms with E-state index in [4.69, 9.17) is 5.73 Å². The first kappa shape index (κ1) is 11.1. The summed E-state index contributed by atoms with van der Waals surface area (Å²) in [5.41, 5.74) is 6.53. The molecule has 0 radical (unpaired) electrons. The maximum absolute atomic E-state index is 12.8. The number of nitrogens with two attached hydrogens (primary N) is 1. The van der Waals surface area contributed by atoms with Crippen molar-refractivity contribution in [1.82, 2.24) is 9.78 Å². The number of hydrogen-bond donors (Lipinski definition) is 2. The molecular weight excluding hydrogens is 223 g/mol. The fourth-order valence-electron chi connectivity index (χ4n) is 1.43. The van der Waals surface area contributed by atoms with E-state index >= 15 is 0 Å². The minimum Gasteiger partial charge on any atom is -0.397 e. The second-order valence-electron chi connectivity index (χ2n) is 3.53. The number of nitrogens with one attached hydrogen (secondary N) is 1. The molecule has 1 aromatic heterocycles. The number of aromatic nitrogens is 2. The number of rotatable bonds is 2. The fraction of sp³-hybridized carbons (Fsp3) is 0.0909. The van der Waals surface area contributed by atoms with Crippen LogP contribution in [0.4, 0.5) is 15.8 Å². The first-order valence-corrected chi connectivity index (χ1v) is 4.92. The van der Waals surface area contributed by atoms with Crippen LogP contribution >= 0.6 is 0 Å². The Kier molecular flexibility index (Phi) is 2.78. The van der Waals surface area contributed by atoms with Crippen molar-refractivity contribution in [2.45, 2.75) is 0 Å². The summed E-state index contributed by atoms with van der Waals surface area (Å²) in [6.07, 6.45) is 1.52. The Labute approximate surface area is 97.0 Å². The summed E-state index contributed by atoms with van der Waals surface area (Å²) in [6, 6.07) is 5.38. The van der Waals surface area contributed by atoms with Crippen LogP contribution in [0.15, 0.2) is 30.5 Å². The maximum Gasteiger partial charge on any atom is 0.273 e. The fourth-order valence-corrected chi connectivity index (χ4v) is 1.43. The zero-order chi connectivity index (χ0) is 12.4. The molecule has 0 saturated carbocycles. The van der Waals surface area contributed by atoms with Crippen LogP contribution in [-0.2, 0) is 7.05 Å². The lowest BCUT2D eigenvalue weighted by molar-refractivity contribution is 0.101. The molecule has 1 amide bonds. The van der Waals surface area contributed by atoms with Gasteiger partial charge in [-0.15, -0.1) is 0 Å². The van der Waals surface area contributed by atoms with Crippen LogP contribution in [0, 0.1) is 5.82 Å². The first-order valence-electron chi connectivity index (χ1n) is 4.92. The minimum atomic E-state index is -0.443. The van der Waals surface area contributed by atoms with E-state index in [1.807, 2.05) is 0 Å². The molecule has 0 atom stereocenters. The molecule has 2 aromatic rings. The summed E-state index contributed by atoms with van der Waals surface area (Å²) in [5, 5.41) is 6.47. The lowest BCUT2D eigenvalue weighted by Crippen LogP contribution is -2.17. The van der Waals surface area contributed by atoms with Crippen molar-refractivity contribution in [2.24, 2.45) is 7.05 Å². The van der Waals surface area contributed by atoms with Gasteiger partial charge in [0.15, 0.2) is 0 Å². The Bertz CT molecular complexity index is 564. The largest absolute Gasteiger partial charge is 0.397 e. The van der Waals surface area contributed by atoms with Gasteiger partial charge in [0.2, 0.25) is 0 Å². The molecule has 0 unspecified atom stereocenters. The summed E-state index contributed by atoms with van der Waals surface area (Å²) in [7, 11) is 1.66. The molecule has 6 heteroatoms. The Morgan fingerprint density at radius 2 is 2.24 bits per heavy atom. The van der Waals surface area contributed by atoms with E-state index in [-0.39, 0.29) is 11.6 Å². The summed E-state index contributed by atoms with van der Waals surface area (Å²) in [5.74, 6) is -0.788. The number of carbonyl (C=O) groups is 1. The van der Waals surface area contributed by atoms with Crippen LogP contribution in [0.5, 0.6) is 0 Å². The van der Waals surface area contributed by atoms with Gasteiger partial charge in [-0.05, 0) is 24.3 Å². The van der Waals surface area contributed by atoms with E-state index in [9.17, 15) is 9.18 Å². The molecule has 1 aromatic carbocycles. The first-order chi connectivity index (χ1) is 8.08. The molecule has 5 nitrogen and oxygen atoms in total. The highest BCUT2D eigenvalue weighted by Crippen LogP contribution is 2.19. The zero-order valence-electron chi connectivity index (χ0n) is 9.14. The molecule has 0 spiro atoms. The van der Waals surface area contributed by atoms with Gasteiger partial charge < -0.3 is 11.1 Å². The lowest BCUT2D eigenvalue weighted by atomic mass is 10.2. The standard InChI is InChI=1S/C11H11FN4O/c1-16-10(4-5-14-16)11(17)15-9-3-2-7(12)6-8(9)13/h2-6H,13H2,1H3,(H,15,17). The van der Waals surface area contributed by atoms with Crippen LogP contribution in [0.1, 0.15) is 10.5 Å². The van der Waals surface area contributed by atoms with Crippen molar-refractivity contribution >= 4 is 17.3 Å². The summed E-state index contributed by atoms with van der Waals surface area (Å²) in [6.45, 7) is 0. The van der Waals surface area contributed by atoms with Crippen LogP contribution in [-0.4, -0.2) is 15.7 Å². The topological polar surface area (TPSA) is 72.9 Å². The van der Waals surface area contributed by atoms with Gasteiger partial charge in [0.1, 0.15) is 11.5 Å². The second kappa shape index (κ2) is 4.25. The highest BCUT2D eigenvalue weighted by Gasteiger charge is 2.11. The molecule has 0 saturated heterocycles. The van der Waals surface area contributed by atoms with Crippen molar-refractivity contribution in [1.29, 1.82) is 0 Å². The highest BCUT2D eigenvalue weighted by atomic mass is 19.1. The molecule has 3 N–H and O–H groups in total. The van der Waals surface area contributed by atoms with E-state index in [2.05, 4.69) is 10.4 Å². The van der Waals surface area contributed by atoms with Gasteiger partial charge in [-0.3, -0.25) is 9.48 Å². The van der Waals surface area contributed by atoms with Gasteiger partial charge in [0, 0.05) is 13.2 Å². The Hall–Kier alpha value is -2.37. The number of carbonyl (C=O) groups excluding carboxylic acids is 1. The van der Waals surface area contributed by atoms with Crippen molar-refractivity contribution in [3.8, 4) is 0 Å². The van der Waals surface area contributed by atoms with Gasteiger partial charge in [-0.1, -0.05) is 0 Å². The summed E-state index contributed by atoms with van der Waals surface area (Å²) >= 11 is 0. The smallest absolute Gasteiger partial charge is 0.273 e. The Balaban J connectivity index is 2.22. The quantitative estimate of drug-likeness (QED) is 0.771. The number of hydrogen-bond acceptors (Lipinski definition) is 3. The van der Waals surface area contributed by atoms with Gasteiger partial charge in [0.25, 0.3) is 5.91 Å². The molecule has 17 heavy (non-hydrogen) atoms. The number of benzene rings is 1. The predicted molar refractivity (Wildman–Crippen MR) is 62.0 cm³/mol. The van der Waals surface area contributed by atoms with Crippen molar-refractivity contribution in [3.63, 3.8) is 0 Å². The van der Waals surface area contributed by atoms with Crippen LogP contribution in [0.3, 0.4) is 0 Å². The van der Waals surface area contributed by atoms with E-state index < -0.39 is 5.82 Å². The lowest BCUT2D eigenvalue weighted by Gasteiger charge is -2.08. The van der Waals surface area contributed by atoms with Crippen LogP contribution in [0.25, 0.3) is 0 Å². The van der Waals surface area contributed by atoms with E-state index in [0.29, 0.717) is 11.4 Å². The molecule has 2 rings (SSSR count).